The molecular formula is C24H27N7O3. The highest BCUT2D eigenvalue weighted by Crippen LogP contribution is 2.30. The summed E-state index contributed by atoms with van der Waals surface area (Å²) in [6.45, 7) is 1.36. The molecule has 1 aliphatic heterocycles. The third-order valence-corrected chi connectivity index (χ3v) is 6.83. The van der Waals surface area contributed by atoms with Gasteiger partial charge in [0.25, 0.3) is 5.91 Å². The Bertz CT molecular complexity index is 1340. The molecule has 34 heavy (non-hydrogen) atoms. The second-order valence-corrected chi connectivity index (χ2v) is 8.99. The fraction of sp³-hybridized carbons (Fsp3) is 0.417. The van der Waals surface area contributed by atoms with Crippen LogP contribution < -0.4 is 10.6 Å². The molecule has 1 amide bonds. The van der Waals surface area contributed by atoms with Gasteiger partial charge in [-0.1, -0.05) is 0 Å². The highest BCUT2D eigenvalue weighted by atomic mass is 16.5. The molecule has 0 radical (unpaired) electrons. The van der Waals surface area contributed by atoms with E-state index in [2.05, 4.69) is 30.7 Å². The van der Waals surface area contributed by atoms with Crippen LogP contribution in [0.25, 0.3) is 27.7 Å². The summed E-state index contributed by atoms with van der Waals surface area (Å²) in [5.74, 6) is 0.502. The van der Waals surface area contributed by atoms with Gasteiger partial charge in [-0.25, -0.2) is 9.50 Å². The summed E-state index contributed by atoms with van der Waals surface area (Å²) >= 11 is 0. The first kappa shape index (κ1) is 21.1. The predicted octanol–water partition coefficient (Wildman–Crippen LogP) is 2.77. The van der Waals surface area contributed by atoms with Crippen LogP contribution in [0.2, 0.25) is 0 Å². The SMILES string of the molecule is CO[C@H]1C[C@@H](Nc2ncc3c(-c4ccn5ncc(C(=O)NC6CCOCC6)c5c4)c[nH]c3n2)C1. The molecule has 2 aliphatic rings. The van der Waals surface area contributed by atoms with Crippen LogP contribution >= 0.6 is 0 Å². The Morgan fingerprint density at radius 2 is 2.09 bits per heavy atom. The predicted molar refractivity (Wildman–Crippen MR) is 127 cm³/mol. The molecule has 6 rings (SSSR count). The number of carbonyl (C=O) groups is 1. The van der Waals surface area contributed by atoms with Crippen LogP contribution in [0.1, 0.15) is 36.0 Å². The molecule has 2 fully saturated rings. The maximum Gasteiger partial charge on any atom is 0.255 e. The lowest BCUT2D eigenvalue weighted by Gasteiger charge is -2.34. The fourth-order valence-corrected chi connectivity index (χ4v) is 4.70. The summed E-state index contributed by atoms with van der Waals surface area (Å²) in [4.78, 5) is 25.4. The van der Waals surface area contributed by atoms with Crippen LogP contribution in [-0.4, -0.2) is 69.0 Å². The summed E-state index contributed by atoms with van der Waals surface area (Å²) in [5, 5.41) is 11.8. The number of pyridine rings is 1. The highest BCUT2D eigenvalue weighted by Gasteiger charge is 2.29. The van der Waals surface area contributed by atoms with Crippen LogP contribution in [0.4, 0.5) is 5.95 Å². The molecule has 10 nitrogen and oxygen atoms in total. The van der Waals surface area contributed by atoms with Gasteiger partial charge >= 0.3 is 0 Å². The number of methoxy groups -OCH3 is 1. The maximum atomic E-state index is 12.9. The van der Waals surface area contributed by atoms with Crippen LogP contribution in [0.3, 0.4) is 0 Å². The minimum absolute atomic E-state index is 0.108. The molecule has 0 unspecified atom stereocenters. The maximum absolute atomic E-state index is 12.9. The van der Waals surface area contributed by atoms with E-state index in [1.54, 1.807) is 17.8 Å². The van der Waals surface area contributed by atoms with E-state index in [1.165, 1.54) is 0 Å². The molecule has 0 spiro atoms. The number of nitrogens with one attached hydrogen (secondary N) is 3. The van der Waals surface area contributed by atoms with Crippen LogP contribution in [-0.2, 0) is 9.47 Å². The third kappa shape index (κ3) is 3.88. The number of amides is 1. The second kappa shape index (κ2) is 8.69. The van der Waals surface area contributed by atoms with E-state index in [-0.39, 0.29) is 11.9 Å². The third-order valence-electron chi connectivity index (χ3n) is 6.83. The number of aromatic amines is 1. The van der Waals surface area contributed by atoms with Crippen molar-refractivity contribution in [2.45, 2.75) is 43.9 Å². The molecule has 1 aliphatic carbocycles. The second-order valence-electron chi connectivity index (χ2n) is 8.99. The standard InChI is InChI=1S/C24H27N7O3/c1-33-17-9-16(10-17)29-24-26-12-19-18(11-25-22(19)30-24)14-2-5-31-21(8-14)20(13-27-31)23(32)28-15-3-6-34-7-4-15/h2,5,8,11-13,15-17H,3-4,6-7,9-10H2,1H3,(H,28,32)(H2,25,26,29,30)/t16-,17+. The number of nitrogens with zero attached hydrogens (tertiary/aromatic N) is 4. The van der Waals surface area contributed by atoms with Crippen molar-refractivity contribution < 1.29 is 14.3 Å². The Labute approximate surface area is 196 Å². The van der Waals surface area contributed by atoms with Gasteiger partial charge in [-0.2, -0.15) is 10.1 Å². The summed E-state index contributed by atoms with van der Waals surface area (Å²) in [5.41, 5.74) is 4.02. The van der Waals surface area contributed by atoms with Gasteiger partial charge in [-0.05, 0) is 43.4 Å². The molecule has 176 valence electrons. The normalized spacial score (nSPS) is 21.0. The van der Waals surface area contributed by atoms with Crippen LogP contribution in [0.15, 0.2) is 36.9 Å². The van der Waals surface area contributed by atoms with Gasteiger partial charge in [0.15, 0.2) is 0 Å². The quantitative estimate of drug-likeness (QED) is 0.404. The van der Waals surface area contributed by atoms with Gasteiger partial charge in [0.05, 0.1) is 23.4 Å². The van der Waals surface area contributed by atoms with E-state index in [4.69, 9.17) is 9.47 Å². The minimum Gasteiger partial charge on any atom is -0.381 e. The molecule has 4 aromatic rings. The van der Waals surface area contributed by atoms with Crippen molar-refractivity contribution in [2.75, 3.05) is 25.6 Å². The van der Waals surface area contributed by atoms with Crippen molar-refractivity contribution in [1.82, 2.24) is 29.9 Å². The van der Waals surface area contributed by atoms with Gasteiger partial charge in [-0.3, -0.25) is 4.79 Å². The Hall–Kier alpha value is -3.50. The molecule has 4 aromatic heterocycles. The first-order valence-electron chi connectivity index (χ1n) is 11.7. The average molecular weight is 462 g/mol. The lowest BCUT2D eigenvalue weighted by atomic mass is 9.89. The van der Waals surface area contributed by atoms with E-state index < -0.39 is 0 Å². The average Bonchev–Trinajstić information content (AvgIpc) is 3.45. The molecule has 5 heterocycles. The number of H-pyrrole nitrogens is 1. The van der Waals surface area contributed by atoms with Gasteiger partial charge in [0.2, 0.25) is 5.95 Å². The molecule has 0 atom stereocenters. The van der Waals surface area contributed by atoms with Crippen molar-refractivity contribution in [3.8, 4) is 11.1 Å². The Morgan fingerprint density at radius 3 is 2.91 bits per heavy atom. The first-order chi connectivity index (χ1) is 16.7. The van der Waals surface area contributed by atoms with Gasteiger partial charge < -0.3 is 25.1 Å². The fourth-order valence-electron chi connectivity index (χ4n) is 4.70. The number of carbonyl (C=O) groups excluding carboxylic acids is 1. The van der Waals surface area contributed by atoms with E-state index in [1.807, 2.05) is 30.7 Å². The van der Waals surface area contributed by atoms with E-state index in [0.29, 0.717) is 36.9 Å². The van der Waals surface area contributed by atoms with E-state index in [0.717, 1.165) is 53.4 Å². The largest absolute Gasteiger partial charge is 0.381 e. The number of rotatable bonds is 6. The van der Waals surface area contributed by atoms with Crippen molar-refractivity contribution in [1.29, 1.82) is 0 Å². The summed E-state index contributed by atoms with van der Waals surface area (Å²) in [6.07, 6.45) is 11.2. The Balaban J connectivity index is 1.25. The van der Waals surface area contributed by atoms with E-state index in [9.17, 15) is 4.79 Å². The Morgan fingerprint density at radius 1 is 1.24 bits per heavy atom. The van der Waals surface area contributed by atoms with Gasteiger partial charge in [-0.15, -0.1) is 0 Å². The number of hydrogen-bond donors (Lipinski definition) is 3. The van der Waals surface area contributed by atoms with Crippen molar-refractivity contribution in [2.24, 2.45) is 0 Å². The highest BCUT2D eigenvalue weighted by molar-refractivity contribution is 6.02. The lowest BCUT2D eigenvalue weighted by molar-refractivity contribution is 0.0327. The number of fused-ring (bicyclic) bond motifs is 2. The van der Waals surface area contributed by atoms with Crippen molar-refractivity contribution in [3.05, 3.63) is 42.5 Å². The minimum atomic E-state index is -0.108. The topological polar surface area (TPSA) is 118 Å². The zero-order valence-electron chi connectivity index (χ0n) is 19.0. The monoisotopic (exact) mass is 461 g/mol. The summed E-state index contributed by atoms with van der Waals surface area (Å²) < 4.78 is 12.5. The molecule has 10 heteroatoms. The van der Waals surface area contributed by atoms with E-state index >= 15 is 0 Å². The molecule has 1 saturated carbocycles. The lowest BCUT2D eigenvalue weighted by Crippen LogP contribution is -2.40. The van der Waals surface area contributed by atoms with Gasteiger partial charge in [0.1, 0.15) is 5.65 Å². The zero-order chi connectivity index (χ0) is 23.1. The van der Waals surface area contributed by atoms with Crippen molar-refractivity contribution in [3.63, 3.8) is 0 Å². The smallest absolute Gasteiger partial charge is 0.255 e. The Kier molecular flexibility index (Phi) is 5.39. The molecule has 1 saturated heterocycles. The molecule has 3 N–H and O–H groups in total. The van der Waals surface area contributed by atoms with Gasteiger partial charge in [0, 0.05) is 61.9 Å². The number of hydrogen-bond acceptors (Lipinski definition) is 7. The summed E-state index contributed by atoms with van der Waals surface area (Å²) in [7, 11) is 1.74. The molecule has 0 bridgehead atoms. The van der Waals surface area contributed by atoms with Crippen LogP contribution in [0.5, 0.6) is 0 Å². The zero-order valence-corrected chi connectivity index (χ0v) is 19.0. The summed E-state index contributed by atoms with van der Waals surface area (Å²) in [6, 6.07) is 4.44. The first-order valence-corrected chi connectivity index (χ1v) is 11.7. The number of ether oxygens (including phenoxy) is 2. The van der Waals surface area contributed by atoms with Crippen LogP contribution in [0, 0.1) is 0 Å². The number of anilines is 1. The van der Waals surface area contributed by atoms with Crippen molar-refractivity contribution >= 4 is 28.4 Å². The molecule has 0 aromatic carbocycles. The number of aromatic nitrogens is 5. The molecular weight excluding hydrogens is 434 g/mol.